The third-order valence-corrected chi connectivity index (χ3v) is 10.4. The zero-order valence-electron chi connectivity index (χ0n) is 23.0. The van der Waals surface area contributed by atoms with Crippen molar-refractivity contribution in [2.24, 2.45) is 23.7 Å². The number of ether oxygens (including phenoxy) is 2. The van der Waals surface area contributed by atoms with Crippen molar-refractivity contribution < 1.29 is 29.0 Å². The van der Waals surface area contributed by atoms with Crippen LogP contribution in [0.1, 0.15) is 40.5 Å². The zero-order valence-corrected chi connectivity index (χ0v) is 23.8. The van der Waals surface area contributed by atoms with Crippen LogP contribution < -0.4 is 9.64 Å². The number of amides is 2. The van der Waals surface area contributed by atoms with Crippen molar-refractivity contribution in [2.75, 3.05) is 31.8 Å². The number of methoxy groups -OCH3 is 1. The second kappa shape index (κ2) is 11.3. The fourth-order valence-electron chi connectivity index (χ4n) is 6.82. The smallest absolute Gasteiger partial charge is 0.310 e. The highest BCUT2D eigenvalue weighted by atomic mass is 32.2. The molecule has 0 saturated carbocycles. The van der Waals surface area contributed by atoms with Crippen LogP contribution in [0.25, 0.3) is 0 Å². The van der Waals surface area contributed by atoms with Crippen molar-refractivity contribution in [3.63, 3.8) is 0 Å². The summed E-state index contributed by atoms with van der Waals surface area (Å²) in [4.78, 5) is 45.4. The lowest BCUT2D eigenvalue weighted by Gasteiger charge is -2.42. The number of carbonyl (C=O) groups is 3. The number of likely N-dealkylation sites (tertiary alicyclic amines) is 1. The van der Waals surface area contributed by atoms with Crippen LogP contribution in [0.3, 0.4) is 0 Å². The highest BCUT2D eigenvalue weighted by Crippen LogP contribution is 2.69. The first-order valence-electron chi connectivity index (χ1n) is 13.5. The van der Waals surface area contributed by atoms with Gasteiger partial charge in [-0.05, 0) is 55.9 Å². The van der Waals surface area contributed by atoms with Crippen LogP contribution in [0.4, 0.5) is 5.69 Å². The Morgan fingerprint density at radius 2 is 2.00 bits per heavy atom. The van der Waals surface area contributed by atoms with Gasteiger partial charge in [0.15, 0.2) is 0 Å². The van der Waals surface area contributed by atoms with Crippen molar-refractivity contribution in [3.05, 3.63) is 36.9 Å². The summed E-state index contributed by atoms with van der Waals surface area (Å²) in [6.07, 6.45) is 2.94. The van der Waals surface area contributed by atoms with Gasteiger partial charge in [-0.2, -0.15) is 0 Å². The van der Waals surface area contributed by atoms with E-state index >= 15 is 0 Å². The van der Waals surface area contributed by atoms with Crippen LogP contribution in [0.2, 0.25) is 0 Å². The Labute approximate surface area is 229 Å². The first-order chi connectivity index (χ1) is 18.2. The van der Waals surface area contributed by atoms with Gasteiger partial charge in [0, 0.05) is 17.5 Å². The first-order valence-corrected chi connectivity index (χ1v) is 14.4. The van der Waals surface area contributed by atoms with E-state index in [1.165, 1.54) is 0 Å². The number of anilines is 1. The van der Waals surface area contributed by atoms with Crippen molar-refractivity contribution in [2.45, 2.75) is 62.6 Å². The summed E-state index contributed by atoms with van der Waals surface area (Å²) in [5, 5.41) is 10.4. The lowest BCUT2D eigenvalue weighted by Crippen LogP contribution is -2.59. The van der Waals surface area contributed by atoms with Crippen LogP contribution in [-0.2, 0) is 19.1 Å². The lowest BCUT2D eigenvalue weighted by molar-refractivity contribution is -0.154. The summed E-state index contributed by atoms with van der Waals surface area (Å²) in [5.74, 6) is -1.20. The van der Waals surface area contributed by atoms with E-state index in [2.05, 4.69) is 13.5 Å². The van der Waals surface area contributed by atoms with Gasteiger partial charge in [0.1, 0.15) is 11.8 Å². The molecular formula is C29H40N2O6S. The molecule has 4 rings (SSSR count). The Morgan fingerprint density at radius 3 is 2.55 bits per heavy atom. The molecule has 2 amide bonds. The number of benzene rings is 1. The zero-order chi connectivity index (χ0) is 27.8. The molecule has 208 valence electrons. The van der Waals surface area contributed by atoms with E-state index in [9.17, 15) is 19.5 Å². The molecule has 9 heteroatoms. The molecule has 3 heterocycles. The van der Waals surface area contributed by atoms with Gasteiger partial charge in [0.25, 0.3) is 5.91 Å². The highest BCUT2D eigenvalue weighted by molar-refractivity contribution is 8.02. The maximum atomic E-state index is 14.7. The summed E-state index contributed by atoms with van der Waals surface area (Å²) in [5.41, 5.74) is 0.666. The topological polar surface area (TPSA) is 96.4 Å². The Morgan fingerprint density at radius 1 is 1.32 bits per heavy atom. The minimum Gasteiger partial charge on any atom is -0.497 e. The summed E-state index contributed by atoms with van der Waals surface area (Å²) >= 11 is 1.61. The normalized spacial score (nSPS) is 30.3. The Kier molecular flexibility index (Phi) is 8.47. The number of aliphatic hydroxyl groups excluding tert-OH is 1. The van der Waals surface area contributed by atoms with Crippen LogP contribution in [0.15, 0.2) is 36.9 Å². The SMILES string of the molecule is C=CCN(C(=O)C1N([C@@H](CO)CC(C)C)C(=O)[C@@H]2[C@H](C(=O)OCC)[C@@H]3CC(C)C12S3)c1ccc(OC)cc1. The van der Waals surface area contributed by atoms with Crippen LogP contribution in [-0.4, -0.2) is 76.7 Å². The molecule has 1 aromatic carbocycles. The summed E-state index contributed by atoms with van der Waals surface area (Å²) in [6.45, 7) is 12.0. The minimum atomic E-state index is -0.831. The predicted molar refractivity (Wildman–Crippen MR) is 148 cm³/mol. The quantitative estimate of drug-likeness (QED) is 0.336. The molecule has 3 aliphatic heterocycles. The molecule has 3 fully saturated rings. The molecule has 8 nitrogen and oxygen atoms in total. The van der Waals surface area contributed by atoms with Gasteiger partial charge in [-0.3, -0.25) is 14.4 Å². The molecule has 1 spiro atoms. The predicted octanol–water partition coefficient (Wildman–Crippen LogP) is 3.52. The Balaban J connectivity index is 1.84. The Hall–Kier alpha value is -2.52. The number of hydrogen-bond donors (Lipinski definition) is 1. The third-order valence-electron chi connectivity index (χ3n) is 8.29. The van der Waals surface area contributed by atoms with Crippen LogP contribution >= 0.6 is 11.8 Å². The number of esters is 1. The molecular weight excluding hydrogens is 504 g/mol. The van der Waals surface area contributed by atoms with Gasteiger partial charge in [0.05, 0.1) is 42.9 Å². The number of nitrogens with zero attached hydrogens (tertiary/aromatic N) is 2. The summed E-state index contributed by atoms with van der Waals surface area (Å²) < 4.78 is 9.94. The lowest BCUT2D eigenvalue weighted by atomic mass is 9.66. The molecule has 3 aliphatic rings. The van der Waals surface area contributed by atoms with Crippen molar-refractivity contribution in [1.82, 2.24) is 4.90 Å². The number of thioether (sulfide) groups is 1. The standard InChI is InChI=1S/C29H40N2O6S/c1-7-13-30(19-9-11-21(36-6)12-10-19)27(34)25-29-18(5)15-22(38-29)23(28(35)37-8-2)24(29)26(33)31(25)20(16-32)14-17(3)4/h7,9-12,17-18,20,22-25,32H,1,8,13-16H2,2-6H3/t18?,20-,22+,23-,24+,25?,29?/m1/s1. The fraction of sp³-hybridized carbons (Fsp3) is 0.621. The van der Waals surface area contributed by atoms with E-state index in [1.807, 2.05) is 26.0 Å². The molecule has 1 N–H and O–H groups in total. The van der Waals surface area contributed by atoms with E-state index in [1.54, 1.807) is 53.8 Å². The van der Waals surface area contributed by atoms with Gasteiger partial charge in [-0.25, -0.2) is 0 Å². The number of hydrogen-bond acceptors (Lipinski definition) is 7. The highest BCUT2D eigenvalue weighted by Gasteiger charge is 2.77. The molecule has 2 bridgehead atoms. The van der Waals surface area contributed by atoms with E-state index in [0.717, 1.165) is 6.42 Å². The second-order valence-corrected chi connectivity index (χ2v) is 12.5. The monoisotopic (exact) mass is 544 g/mol. The molecule has 3 saturated heterocycles. The van der Waals surface area contributed by atoms with E-state index in [4.69, 9.17) is 9.47 Å². The molecule has 0 aliphatic carbocycles. The van der Waals surface area contributed by atoms with Gasteiger partial charge in [-0.1, -0.05) is 26.8 Å². The number of aliphatic hydroxyl groups is 1. The largest absolute Gasteiger partial charge is 0.497 e. The maximum Gasteiger partial charge on any atom is 0.310 e. The minimum absolute atomic E-state index is 0.0240. The number of rotatable bonds is 11. The average Bonchev–Trinajstić information content (AvgIpc) is 3.49. The van der Waals surface area contributed by atoms with Gasteiger partial charge < -0.3 is 24.4 Å². The molecule has 1 aromatic rings. The van der Waals surface area contributed by atoms with Gasteiger partial charge in [-0.15, -0.1) is 18.3 Å². The second-order valence-electron chi connectivity index (χ2n) is 11.0. The Bertz CT molecular complexity index is 1060. The molecule has 7 atom stereocenters. The average molecular weight is 545 g/mol. The number of fused-ring (bicyclic) bond motifs is 1. The van der Waals surface area contributed by atoms with Crippen molar-refractivity contribution >= 4 is 35.2 Å². The van der Waals surface area contributed by atoms with Crippen molar-refractivity contribution in [3.8, 4) is 5.75 Å². The molecule has 0 radical (unpaired) electrons. The third kappa shape index (κ3) is 4.51. The molecule has 0 aromatic heterocycles. The van der Waals surface area contributed by atoms with Crippen LogP contribution in [0.5, 0.6) is 5.75 Å². The van der Waals surface area contributed by atoms with E-state index in [0.29, 0.717) is 17.9 Å². The first kappa shape index (κ1) is 28.5. The summed E-state index contributed by atoms with van der Waals surface area (Å²) in [6, 6.07) is 5.86. The van der Waals surface area contributed by atoms with Gasteiger partial charge in [0.2, 0.25) is 5.91 Å². The molecule has 3 unspecified atom stereocenters. The fourth-order valence-corrected chi connectivity index (χ4v) is 9.21. The molecule has 38 heavy (non-hydrogen) atoms. The van der Waals surface area contributed by atoms with Crippen molar-refractivity contribution in [1.29, 1.82) is 0 Å². The van der Waals surface area contributed by atoms with Crippen LogP contribution in [0, 0.1) is 23.7 Å². The number of carbonyl (C=O) groups excluding carboxylic acids is 3. The van der Waals surface area contributed by atoms with E-state index in [-0.39, 0.29) is 54.6 Å². The van der Waals surface area contributed by atoms with Gasteiger partial charge >= 0.3 is 5.97 Å². The summed E-state index contributed by atoms with van der Waals surface area (Å²) in [7, 11) is 1.59. The maximum absolute atomic E-state index is 14.7. The van der Waals surface area contributed by atoms with E-state index < -0.39 is 28.7 Å².